The lowest BCUT2D eigenvalue weighted by Crippen LogP contribution is -2.12. The standard InChI is InChI=1S/C20H34B.2H2O/c1-2-3-4-5-6-7-8-9-10-11-12-16-19-21-20-17-14-13-15-18-20;;/h13-15,17-18H,2-12,16,19H2,1H3;2*1H2. The number of unbranched alkanes of at least 4 members (excludes halogenated alkanes) is 11. The van der Waals surface area contributed by atoms with Crippen LogP contribution in [0.25, 0.3) is 0 Å². The molecule has 0 spiro atoms. The van der Waals surface area contributed by atoms with E-state index < -0.39 is 0 Å². The molecule has 0 aliphatic rings. The number of rotatable bonds is 14. The lowest BCUT2D eigenvalue weighted by molar-refractivity contribution is 0.548. The Morgan fingerprint density at radius 1 is 0.609 bits per heavy atom. The average Bonchev–Trinajstić information content (AvgIpc) is 2.53. The predicted octanol–water partition coefficient (Wildman–Crippen LogP) is 4.49. The van der Waals surface area contributed by atoms with Crippen LogP contribution in [-0.4, -0.2) is 18.2 Å². The van der Waals surface area contributed by atoms with E-state index in [4.69, 9.17) is 0 Å². The van der Waals surface area contributed by atoms with Crippen molar-refractivity contribution in [2.45, 2.75) is 90.3 Å². The van der Waals surface area contributed by atoms with Gasteiger partial charge in [0.15, 0.2) is 7.28 Å². The highest BCUT2D eigenvalue weighted by molar-refractivity contribution is 6.53. The van der Waals surface area contributed by atoms with Gasteiger partial charge in [0.2, 0.25) is 0 Å². The summed E-state index contributed by atoms with van der Waals surface area (Å²) in [6.45, 7) is 2.29. The summed E-state index contributed by atoms with van der Waals surface area (Å²) in [6.07, 6.45) is 18.4. The van der Waals surface area contributed by atoms with Gasteiger partial charge in [-0.1, -0.05) is 126 Å². The molecule has 0 aliphatic carbocycles. The van der Waals surface area contributed by atoms with Crippen molar-refractivity contribution in [3.63, 3.8) is 0 Å². The molecule has 4 N–H and O–H groups in total. The van der Waals surface area contributed by atoms with Crippen LogP contribution in [0, 0.1) is 0 Å². The van der Waals surface area contributed by atoms with Crippen LogP contribution in [0.1, 0.15) is 84.0 Å². The lowest BCUT2D eigenvalue weighted by Gasteiger charge is -2.03. The second-order valence-electron chi connectivity index (χ2n) is 6.29. The summed E-state index contributed by atoms with van der Waals surface area (Å²) in [7, 11) is 2.37. The van der Waals surface area contributed by atoms with E-state index >= 15 is 0 Å². The molecule has 1 rings (SSSR count). The second kappa shape index (κ2) is 19.3. The Hall–Kier alpha value is -0.795. The largest absolute Gasteiger partial charge is 0.412 e. The fraction of sp³-hybridized carbons (Fsp3) is 0.700. The van der Waals surface area contributed by atoms with Gasteiger partial charge in [0.25, 0.3) is 0 Å². The molecule has 0 atom stereocenters. The quantitative estimate of drug-likeness (QED) is 0.358. The minimum absolute atomic E-state index is 0. The Labute approximate surface area is 144 Å². The normalized spacial score (nSPS) is 9.78. The fourth-order valence-corrected chi connectivity index (χ4v) is 2.84. The Morgan fingerprint density at radius 3 is 1.52 bits per heavy atom. The molecular formula is C20H38BO2. The zero-order chi connectivity index (χ0) is 15.0. The van der Waals surface area contributed by atoms with Crippen molar-refractivity contribution in [2.24, 2.45) is 0 Å². The molecule has 0 aromatic heterocycles. The van der Waals surface area contributed by atoms with Gasteiger partial charge in [0, 0.05) is 0 Å². The molecule has 0 unspecified atom stereocenters. The maximum Gasteiger partial charge on any atom is 0.151 e. The van der Waals surface area contributed by atoms with Crippen LogP contribution in [-0.2, 0) is 0 Å². The van der Waals surface area contributed by atoms with E-state index in [0.717, 1.165) is 0 Å². The topological polar surface area (TPSA) is 63.0 Å². The van der Waals surface area contributed by atoms with Crippen LogP contribution < -0.4 is 5.46 Å². The average molecular weight is 321 g/mol. The van der Waals surface area contributed by atoms with E-state index in [2.05, 4.69) is 44.5 Å². The van der Waals surface area contributed by atoms with Crippen LogP contribution in [0.4, 0.5) is 0 Å². The Bertz CT molecular complexity index is 317. The molecule has 0 aliphatic heterocycles. The first-order valence-electron chi connectivity index (χ1n) is 9.31. The van der Waals surface area contributed by atoms with Gasteiger partial charge in [-0.3, -0.25) is 0 Å². The fourth-order valence-electron chi connectivity index (χ4n) is 2.84. The van der Waals surface area contributed by atoms with Crippen molar-refractivity contribution >= 4 is 12.7 Å². The zero-order valence-corrected chi connectivity index (χ0v) is 15.2. The number of hydrogen-bond donors (Lipinski definition) is 0. The van der Waals surface area contributed by atoms with Crippen molar-refractivity contribution in [1.29, 1.82) is 0 Å². The molecule has 0 saturated heterocycles. The predicted molar refractivity (Wildman–Crippen MR) is 105 cm³/mol. The van der Waals surface area contributed by atoms with Gasteiger partial charge < -0.3 is 11.0 Å². The van der Waals surface area contributed by atoms with Gasteiger partial charge in [-0.05, 0) is 0 Å². The summed E-state index contributed by atoms with van der Waals surface area (Å²) in [5.41, 5.74) is 1.38. The zero-order valence-electron chi connectivity index (χ0n) is 15.2. The Balaban J connectivity index is 0. The first-order valence-corrected chi connectivity index (χ1v) is 9.31. The van der Waals surface area contributed by atoms with E-state index in [-0.39, 0.29) is 11.0 Å². The summed E-state index contributed by atoms with van der Waals surface area (Å²) < 4.78 is 0. The minimum atomic E-state index is 0. The molecular weight excluding hydrogens is 283 g/mol. The number of hydrogen-bond acceptors (Lipinski definition) is 0. The van der Waals surface area contributed by atoms with E-state index in [9.17, 15) is 0 Å². The summed E-state index contributed by atoms with van der Waals surface area (Å²) in [5, 5.41) is 0. The van der Waals surface area contributed by atoms with E-state index in [1.54, 1.807) is 0 Å². The molecule has 0 fully saturated rings. The molecule has 23 heavy (non-hydrogen) atoms. The Morgan fingerprint density at radius 2 is 1.04 bits per heavy atom. The van der Waals surface area contributed by atoms with Gasteiger partial charge >= 0.3 is 0 Å². The highest BCUT2D eigenvalue weighted by atomic mass is 16.0. The first-order chi connectivity index (χ1) is 10.4. The van der Waals surface area contributed by atoms with Crippen LogP contribution in [0.2, 0.25) is 6.32 Å². The SMILES string of the molecule is CCCCCCCCCCCCCC[B]c1ccccc1.O.O. The van der Waals surface area contributed by atoms with Crippen LogP contribution >= 0.6 is 0 Å². The third kappa shape index (κ3) is 15.9. The van der Waals surface area contributed by atoms with Gasteiger partial charge in [0.05, 0.1) is 0 Å². The number of benzene rings is 1. The molecule has 3 heteroatoms. The highest BCUT2D eigenvalue weighted by Gasteiger charge is 1.96. The molecule has 0 bridgehead atoms. The van der Waals surface area contributed by atoms with E-state index in [0.29, 0.717) is 0 Å². The smallest absolute Gasteiger partial charge is 0.151 e. The molecule has 1 aromatic rings. The maximum atomic E-state index is 2.37. The van der Waals surface area contributed by atoms with Crippen molar-refractivity contribution in [3.05, 3.63) is 30.3 Å². The first kappa shape index (κ1) is 24.5. The lowest BCUT2D eigenvalue weighted by atomic mass is 9.66. The third-order valence-corrected chi connectivity index (χ3v) is 4.24. The summed E-state index contributed by atoms with van der Waals surface area (Å²) >= 11 is 0. The second-order valence-corrected chi connectivity index (χ2v) is 6.29. The molecule has 1 radical (unpaired) electrons. The van der Waals surface area contributed by atoms with E-state index in [1.807, 2.05) is 0 Å². The molecule has 2 nitrogen and oxygen atoms in total. The van der Waals surface area contributed by atoms with Crippen molar-refractivity contribution in [3.8, 4) is 0 Å². The van der Waals surface area contributed by atoms with Crippen molar-refractivity contribution in [1.82, 2.24) is 0 Å². The summed E-state index contributed by atoms with van der Waals surface area (Å²) in [4.78, 5) is 0. The van der Waals surface area contributed by atoms with Gasteiger partial charge in [-0.25, -0.2) is 0 Å². The van der Waals surface area contributed by atoms with Crippen LogP contribution in [0.3, 0.4) is 0 Å². The maximum absolute atomic E-state index is 2.37. The molecule has 1 aromatic carbocycles. The van der Waals surface area contributed by atoms with Crippen molar-refractivity contribution in [2.75, 3.05) is 0 Å². The summed E-state index contributed by atoms with van der Waals surface area (Å²) in [6, 6.07) is 10.7. The van der Waals surface area contributed by atoms with Crippen molar-refractivity contribution < 1.29 is 11.0 Å². The van der Waals surface area contributed by atoms with Gasteiger partial charge in [-0.15, -0.1) is 0 Å². The van der Waals surface area contributed by atoms with Gasteiger partial charge in [-0.2, -0.15) is 0 Å². The van der Waals surface area contributed by atoms with E-state index in [1.165, 1.54) is 88.8 Å². The molecule has 0 saturated carbocycles. The molecule has 133 valence electrons. The third-order valence-electron chi connectivity index (χ3n) is 4.24. The van der Waals surface area contributed by atoms with Gasteiger partial charge in [0.1, 0.15) is 0 Å². The summed E-state index contributed by atoms with van der Waals surface area (Å²) in [5.74, 6) is 0. The van der Waals surface area contributed by atoms with Crippen LogP contribution in [0.15, 0.2) is 30.3 Å². The monoisotopic (exact) mass is 321 g/mol. The minimum Gasteiger partial charge on any atom is -0.412 e. The molecule has 0 amide bonds. The van der Waals surface area contributed by atoms with Crippen LogP contribution in [0.5, 0.6) is 0 Å². The highest BCUT2D eigenvalue weighted by Crippen LogP contribution is 2.12. The Kier molecular flexibility index (Phi) is 20.5. The molecule has 0 heterocycles.